The Bertz CT molecular complexity index is 701. The first-order chi connectivity index (χ1) is 10.2. The Kier molecular flexibility index (Phi) is 3.70. The minimum absolute atomic E-state index is 0.451. The van der Waals surface area contributed by atoms with Crippen LogP contribution in [-0.4, -0.2) is 11.3 Å². The quantitative estimate of drug-likeness (QED) is 0.748. The summed E-state index contributed by atoms with van der Waals surface area (Å²) in [6, 6.07) is 12.3. The molecule has 1 aromatic heterocycles. The van der Waals surface area contributed by atoms with Crippen molar-refractivity contribution in [2.45, 2.75) is 32.6 Å². The lowest BCUT2D eigenvalue weighted by Gasteiger charge is -2.25. The van der Waals surface area contributed by atoms with Crippen LogP contribution in [0.2, 0.25) is 0 Å². The molecule has 1 aromatic carbocycles. The highest BCUT2D eigenvalue weighted by molar-refractivity contribution is 5.86. The van der Waals surface area contributed by atoms with E-state index in [1.54, 1.807) is 0 Å². The van der Waals surface area contributed by atoms with Crippen LogP contribution in [-0.2, 0) is 0 Å². The van der Waals surface area contributed by atoms with Gasteiger partial charge in [0.25, 0.3) is 0 Å². The number of carbonyl (C=O) groups is 1. The number of nitrogens with zero attached hydrogens (tertiary/aromatic N) is 1. The predicted molar refractivity (Wildman–Crippen MR) is 86.3 cm³/mol. The fraction of sp³-hybridized carbons (Fsp3) is 0.263. The first kappa shape index (κ1) is 13.7. The van der Waals surface area contributed by atoms with Gasteiger partial charge in [-0.15, -0.1) is 0 Å². The van der Waals surface area contributed by atoms with Gasteiger partial charge in [0, 0.05) is 16.8 Å². The molecule has 1 atom stereocenters. The third-order valence-corrected chi connectivity index (χ3v) is 4.21. The monoisotopic (exact) mass is 277 g/mol. The number of fused-ring (bicyclic) bond motifs is 1. The van der Waals surface area contributed by atoms with Crippen LogP contribution < -0.4 is 0 Å². The second kappa shape index (κ2) is 5.65. The SMILES string of the molecule is Cc1nc2c(cc1C=O)/C(=C/c1ccccc1)CCC2C. The third kappa shape index (κ3) is 2.66. The van der Waals surface area contributed by atoms with Crippen LogP contribution in [0.3, 0.4) is 0 Å². The van der Waals surface area contributed by atoms with Crippen molar-refractivity contribution < 1.29 is 4.79 Å². The zero-order valence-electron chi connectivity index (χ0n) is 12.5. The fourth-order valence-electron chi connectivity index (χ4n) is 2.94. The summed E-state index contributed by atoms with van der Waals surface area (Å²) in [4.78, 5) is 15.9. The minimum atomic E-state index is 0.451. The Labute approximate surface area is 125 Å². The number of aldehydes is 1. The van der Waals surface area contributed by atoms with Crippen molar-refractivity contribution in [2.24, 2.45) is 0 Å². The summed E-state index contributed by atoms with van der Waals surface area (Å²) in [6.07, 6.45) is 5.27. The first-order valence-corrected chi connectivity index (χ1v) is 7.41. The van der Waals surface area contributed by atoms with E-state index in [1.165, 1.54) is 11.1 Å². The van der Waals surface area contributed by atoms with Crippen molar-refractivity contribution >= 4 is 17.9 Å². The number of hydrogen-bond acceptors (Lipinski definition) is 2. The van der Waals surface area contributed by atoms with Crippen molar-refractivity contribution in [2.75, 3.05) is 0 Å². The summed E-state index contributed by atoms with van der Waals surface area (Å²) in [7, 11) is 0. The van der Waals surface area contributed by atoms with Gasteiger partial charge in [0.2, 0.25) is 0 Å². The van der Waals surface area contributed by atoms with E-state index >= 15 is 0 Å². The van der Waals surface area contributed by atoms with Gasteiger partial charge in [0.15, 0.2) is 6.29 Å². The molecule has 0 radical (unpaired) electrons. The van der Waals surface area contributed by atoms with Gasteiger partial charge in [0.1, 0.15) is 0 Å². The van der Waals surface area contributed by atoms with E-state index in [4.69, 9.17) is 0 Å². The Balaban J connectivity index is 2.13. The summed E-state index contributed by atoms with van der Waals surface area (Å²) in [6.45, 7) is 4.12. The minimum Gasteiger partial charge on any atom is -0.298 e. The summed E-state index contributed by atoms with van der Waals surface area (Å²) < 4.78 is 0. The Morgan fingerprint density at radius 2 is 2.00 bits per heavy atom. The molecule has 2 nitrogen and oxygen atoms in total. The normalized spacial score (nSPS) is 19.3. The van der Waals surface area contributed by atoms with E-state index < -0.39 is 0 Å². The number of hydrogen-bond donors (Lipinski definition) is 0. The molecule has 21 heavy (non-hydrogen) atoms. The molecule has 2 aromatic rings. The van der Waals surface area contributed by atoms with Crippen LogP contribution in [0.25, 0.3) is 11.6 Å². The predicted octanol–water partition coefficient (Wildman–Crippen LogP) is 4.64. The molecular weight excluding hydrogens is 258 g/mol. The summed E-state index contributed by atoms with van der Waals surface area (Å²) in [5.74, 6) is 0.451. The average Bonchev–Trinajstić information content (AvgIpc) is 2.51. The molecule has 0 aliphatic heterocycles. The highest BCUT2D eigenvalue weighted by atomic mass is 16.1. The first-order valence-electron chi connectivity index (χ1n) is 7.41. The molecule has 0 fully saturated rings. The van der Waals surface area contributed by atoms with Gasteiger partial charge in [0.05, 0.1) is 5.69 Å². The van der Waals surface area contributed by atoms with Crippen LogP contribution in [0, 0.1) is 6.92 Å². The van der Waals surface area contributed by atoms with Gasteiger partial charge in [-0.3, -0.25) is 9.78 Å². The molecule has 3 rings (SSSR count). The molecular formula is C19H19NO. The largest absolute Gasteiger partial charge is 0.298 e. The third-order valence-electron chi connectivity index (χ3n) is 4.21. The maximum atomic E-state index is 11.2. The summed E-state index contributed by atoms with van der Waals surface area (Å²) >= 11 is 0. The van der Waals surface area contributed by atoms with Crippen molar-refractivity contribution in [3.05, 3.63) is 64.5 Å². The molecule has 0 bridgehead atoms. The van der Waals surface area contributed by atoms with E-state index in [0.717, 1.165) is 36.1 Å². The van der Waals surface area contributed by atoms with E-state index in [9.17, 15) is 4.79 Å². The standard InChI is InChI=1S/C19H19NO/c1-13-8-9-16(10-15-6-4-3-5-7-15)18-11-17(12-21)14(2)20-19(13)18/h3-7,10-13H,8-9H2,1-2H3/b16-10+. The second-order valence-corrected chi connectivity index (χ2v) is 5.73. The number of aryl methyl sites for hydroxylation is 1. The zero-order valence-corrected chi connectivity index (χ0v) is 12.5. The lowest BCUT2D eigenvalue weighted by molar-refractivity contribution is 0.112. The van der Waals surface area contributed by atoms with Gasteiger partial charge in [-0.2, -0.15) is 0 Å². The number of aromatic nitrogens is 1. The summed E-state index contributed by atoms with van der Waals surface area (Å²) in [5.41, 5.74) is 6.28. The number of benzene rings is 1. The van der Waals surface area contributed by atoms with Gasteiger partial charge in [-0.05, 0) is 42.9 Å². The molecule has 0 N–H and O–H groups in total. The molecule has 0 amide bonds. The molecule has 0 spiro atoms. The molecule has 2 heteroatoms. The van der Waals surface area contributed by atoms with E-state index in [0.29, 0.717) is 11.5 Å². The maximum Gasteiger partial charge on any atom is 0.151 e. The molecule has 106 valence electrons. The molecule has 0 saturated carbocycles. The van der Waals surface area contributed by atoms with E-state index in [-0.39, 0.29) is 0 Å². The van der Waals surface area contributed by atoms with Gasteiger partial charge < -0.3 is 0 Å². The van der Waals surface area contributed by atoms with Crippen LogP contribution in [0.5, 0.6) is 0 Å². The Hall–Kier alpha value is -2.22. The van der Waals surface area contributed by atoms with Gasteiger partial charge in [-0.25, -0.2) is 0 Å². The molecule has 0 saturated heterocycles. The number of pyridine rings is 1. The summed E-state index contributed by atoms with van der Waals surface area (Å²) in [5, 5.41) is 0. The molecule has 1 unspecified atom stereocenters. The average molecular weight is 277 g/mol. The van der Waals surface area contributed by atoms with Crippen molar-refractivity contribution in [3.63, 3.8) is 0 Å². The fourth-order valence-corrected chi connectivity index (χ4v) is 2.94. The lowest BCUT2D eigenvalue weighted by Crippen LogP contribution is -2.11. The Morgan fingerprint density at radius 3 is 2.71 bits per heavy atom. The number of rotatable bonds is 2. The highest BCUT2D eigenvalue weighted by Crippen LogP contribution is 2.38. The Morgan fingerprint density at radius 1 is 1.24 bits per heavy atom. The van der Waals surface area contributed by atoms with Crippen molar-refractivity contribution in [1.82, 2.24) is 4.98 Å². The number of allylic oxidation sites excluding steroid dienone is 1. The van der Waals surface area contributed by atoms with Gasteiger partial charge >= 0.3 is 0 Å². The van der Waals surface area contributed by atoms with Crippen LogP contribution in [0.15, 0.2) is 36.4 Å². The topological polar surface area (TPSA) is 30.0 Å². The van der Waals surface area contributed by atoms with Gasteiger partial charge in [-0.1, -0.05) is 43.3 Å². The van der Waals surface area contributed by atoms with Crippen molar-refractivity contribution in [1.29, 1.82) is 0 Å². The number of carbonyl (C=O) groups excluding carboxylic acids is 1. The lowest BCUT2D eigenvalue weighted by atomic mass is 9.82. The van der Waals surface area contributed by atoms with Crippen LogP contribution >= 0.6 is 0 Å². The zero-order chi connectivity index (χ0) is 14.8. The molecule has 1 aliphatic carbocycles. The molecule has 1 aliphatic rings. The van der Waals surface area contributed by atoms with E-state index in [2.05, 4.69) is 30.1 Å². The maximum absolute atomic E-state index is 11.2. The highest BCUT2D eigenvalue weighted by Gasteiger charge is 2.22. The van der Waals surface area contributed by atoms with Crippen molar-refractivity contribution in [3.8, 4) is 0 Å². The molecule has 1 heterocycles. The van der Waals surface area contributed by atoms with Crippen LogP contribution in [0.1, 0.15) is 58.6 Å². The van der Waals surface area contributed by atoms with E-state index in [1.807, 2.05) is 31.2 Å². The smallest absolute Gasteiger partial charge is 0.151 e. The van der Waals surface area contributed by atoms with Crippen LogP contribution in [0.4, 0.5) is 0 Å². The second-order valence-electron chi connectivity index (χ2n) is 5.73.